The number of carboxylic acids is 1. The maximum atomic E-state index is 10.8. The van der Waals surface area contributed by atoms with Gasteiger partial charge in [-0.1, -0.05) is 5.92 Å². The monoisotopic (exact) mass is 206 g/mol. The van der Waals surface area contributed by atoms with E-state index in [1.807, 2.05) is 0 Å². The minimum absolute atomic E-state index is 0.0700. The van der Waals surface area contributed by atoms with Crippen molar-refractivity contribution in [3.05, 3.63) is 23.3 Å². The maximum Gasteiger partial charge on any atom is 0.335 e. The first-order valence-electron chi connectivity index (χ1n) is 4.10. The molecule has 0 aliphatic heterocycles. The number of hydrogen-bond donors (Lipinski definition) is 1. The van der Waals surface area contributed by atoms with Gasteiger partial charge in [0, 0.05) is 0 Å². The zero-order chi connectivity index (χ0) is 11.4. The van der Waals surface area contributed by atoms with Gasteiger partial charge in [-0.05, 0) is 12.1 Å². The number of benzene rings is 1. The van der Waals surface area contributed by atoms with Gasteiger partial charge in [-0.2, -0.15) is 0 Å². The topological polar surface area (TPSA) is 55.8 Å². The number of ether oxygens (including phenoxy) is 2. The maximum absolute atomic E-state index is 10.8. The molecule has 0 aliphatic carbocycles. The fourth-order valence-corrected chi connectivity index (χ4v) is 1.20. The molecule has 1 aromatic carbocycles. The van der Waals surface area contributed by atoms with E-state index in [0.29, 0.717) is 17.1 Å². The minimum Gasteiger partial charge on any atom is -0.493 e. The molecule has 0 heterocycles. The van der Waals surface area contributed by atoms with Crippen LogP contribution in [0.4, 0.5) is 0 Å². The molecule has 0 bridgehead atoms. The molecule has 0 radical (unpaired) electrons. The van der Waals surface area contributed by atoms with Crippen molar-refractivity contribution in [2.75, 3.05) is 14.2 Å². The predicted molar refractivity (Wildman–Crippen MR) is 54.4 cm³/mol. The molecule has 0 fully saturated rings. The molecule has 0 saturated carbocycles. The van der Waals surface area contributed by atoms with Gasteiger partial charge in [0.05, 0.1) is 25.3 Å². The molecule has 0 atom stereocenters. The standard InChI is InChI=1S/C11H10O4/c1-4-7-5-8(11(12)13)6-9(14-2)10(7)15-3/h1,5-6H,2-3H3,(H,12,13). The van der Waals surface area contributed by atoms with Gasteiger partial charge in [0.2, 0.25) is 0 Å². The number of aromatic carboxylic acids is 1. The molecule has 4 nitrogen and oxygen atoms in total. The van der Waals surface area contributed by atoms with E-state index in [4.69, 9.17) is 21.0 Å². The molecule has 1 N–H and O–H groups in total. The lowest BCUT2D eigenvalue weighted by Gasteiger charge is -2.10. The molecule has 0 amide bonds. The van der Waals surface area contributed by atoms with Gasteiger partial charge in [-0.3, -0.25) is 0 Å². The quantitative estimate of drug-likeness (QED) is 0.759. The van der Waals surface area contributed by atoms with Crippen molar-refractivity contribution in [1.82, 2.24) is 0 Å². The van der Waals surface area contributed by atoms with E-state index < -0.39 is 5.97 Å². The third kappa shape index (κ3) is 2.02. The highest BCUT2D eigenvalue weighted by Gasteiger charge is 2.14. The highest BCUT2D eigenvalue weighted by atomic mass is 16.5. The van der Waals surface area contributed by atoms with E-state index in [1.54, 1.807) is 0 Å². The summed E-state index contributed by atoms with van der Waals surface area (Å²) in [5, 5.41) is 8.82. The van der Waals surface area contributed by atoms with Crippen molar-refractivity contribution < 1.29 is 19.4 Å². The average Bonchev–Trinajstić information content (AvgIpc) is 2.26. The zero-order valence-corrected chi connectivity index (χ0v) is 8.40. The van der Waals surface area contributed by atoms with Crippen LogP contribution in [0.15, 0.2) is 12.1 Å². The number of terminal acetylenes is 1. The Labute approximate surface area is 87.4 Å². The van der Waals surface area contributed by atoms with Gasteiger partial charge in [-0.15, -0.1) is 6.42 Å². The van der Waals surface area contributed by atoms with Gasteiger partial charge in [0.25, 0.3) is 0 Å². The SMILES string of the molecule is C#Cc1cc(C(=O)O)cc(OC)c1OC. The van der Waals surface area contributed by atoms with Crippen LogP contribution in [0.2, 0.25) is 0 Å². The summed E-state index contributed by atoms with van der Waals surface area (Å²) in [5.74, 6) is 1.96. The normalized spacial score (nSPS) is 9.13. The summed E-state index contributed by atoms with van der Waals surface area (Å²) in [7, 11) is 2.86. The van der Waals surface area contributed by atoms with Gasteiger partial charge >= 0.3 is 5.97 Å². The van der Waals surface area contributed by atoms with Crippen molar-refractivity contribution in [3.63, 3.8) is 0 Å². The second-order valence-corrected chi connectivity index (χ2v) is 2.71. The van der Waals surface area contributed by atoms with E-state index >= 15 is 0 Å². The molecular formula is C11H10O4. The Morgan fingerprint density at radius 2 is 2.07 bits per heavy atom. The van der Waals surface area contributed by atoms with E-state index in [-0.39, 0.29) is 5.56 Å². The molecule has 0 aliphatic rings. The molecule has 0 aromatic heterocycles. The summed E-state index contributed by atoms with van der Waals surface area (Å²) in [6.45, 7) is 0. The average molecular weight is 206 g/mol. The summed E-state index contributed by atoms with van der Waals surface area (Å²) >= 11 is 0. The third-order valence-electron chi connectivity index (χ3n) is 1.88. The highest BCUT2D eigenvalue weighted by molar-refractivity contribution is 5.89. The van der Waals surface area contributed by atoms with Gasteiger partial charge in [0.1, 0.15) is 0 Å². The van der Waals surface area contributed by atoms with Crippen LogP contribution in [0.3, 0.4) is 0 Å². The van der Waals surface area contributed by atoms with Gasteiger partial charge in [-0.25, -0.2) is 4.79 Å². The van der Waals surface area contributed by atoms with Crippen LogP contribution in [-0.2, 0) is 0 Å². The number of hydrogen-bond acceptors (Lipinski definition) is 3. The molecule has 1 aromatic rings. The molecule has 0 unspecified atom stereocenters. The molecule has 1 rings (SSSR count). The fraction of sp³-hybridized carbons (Fsp3) is 0.182. The van der Waals surface area contributed by atoms with Crippen LogP contribution in [0.1, 0.15) is 15.9 Å². The van der Waals surface area contributed by atoms with Crippen LogP contribution >= 0.6 is 0 Å². The number of carboxylic acid groups (broad SMARTS) is 1. The van der Waals surface area contributed by atoms with Crippen molar-refractivity contribution in [1.29, 1.82) is 0 Å². The first-order chi connectivity index (χ1) is 7.13. The van der Waals surface area contributed by atoms with E-state index in [2.05, 4.69) is 5.92 Å². The van der Waals surface area contributed by atoms with Crippen LogP contribution in [-0.4, -0.2) is 25.3 Å². The Hall–Kier alpha value is -2.15. The fourth-order valence-electron chi connectivity index (χ4n) is 1.20. The molecular weight excluding hydrogens is 196 g/mol. The van der Waals surface area contributed by atoms with Crippen molar-refractivity contribution >= 4 is 5.97 Å². The van der Waals surface area contributed by atoms with Crippen LogP contribution in [0.5, 0.6) is 11.5 Å². The molecule has 0 spiro atoms. The number of rotatable bonds is 3. The lowest BCUT2D eigenvalue weighted by molar-refractivity contribution is 0.0696. The second-order valence-electron chi connectivity index (χ2n) is 2.71. The molecule has 0 saturated heterocycles. The smallest absolute Gasteiger partial charge is 0.335 e. The number of methoxy groups -OCH3 is 2. The van der Waals surface area contributed by atoms with Gasteiger partial charge in [0.15, 0.2) is 11.5 Å². The Kier molecular flexibility index (Phi) is 3.19. The van der Waals surface area contributed by atoms with Crippen LogP contribution < -0.4 is 9.47 Å². The predicted octanol–water partition coefficient (Wildman–Crippen LogP) is 1.38. The van der Waals surface area contributed by atoms with E-state index in [1.165, 1.54) is 26.4 Å². The Bertz CT molecular complexity index is 429. The lowest BCUT2D eigenvalue weighted by atomic mass is 10.1. The molecule has 78 valence electrons. The number of carbonyl (C=O) groups is 1. The van der Waals surface area contributed by atoms with Crippen molar-refractivity contribution in [3.8, 4) is 23.8 Å². The second kappa shape index (κ2) is 4.38. The Balaban J connectivity index is 3.44. The highest BCUT2D eigenvalue weighted by Crippen LogP contribution is 2.31. The summed E-state index contributed by atoms with van der Waals surface area (Å²) < 4.78 is 10.0. The summed E-state index contributed by atoms with van der Waals surface area (Å²) in [4.78, 5) is 10.8. The van der Waals surface area contributed by atoms with Crippen LogP contribution in [0, 0.1) is 12.3 Å². The summed E-state index contributed by atoms with van der Waals surface area (Å²) in [6.07, 6.45) is 5.24. The molecule has 15 heavy (non-hydrogen) atoms. The largest absolute Gasteiger partial charge is 0.493 e. The van der Waals surface area contributed by atoms with Crippen molar-refractivity contribution in [2.24, 2.45) is 0 Å². The van der Waals surface area contributed by atoms with E-state index in [9.17, 15) is 4.79 Å². The first-order valence-corrected chi connectivity index (χ1v) is 4.10. The van der Waals surface area contributed by atoms with Crippen LogP contribution in [0.25, 0.3) is 0 Å². The Morgan fingerprint density at radius 1 is 1.40 bits per heavy atom. The van der Waals surface area contributed by atoms with Crippen molar-refractivity contribution in [2.45, 2.75) is 0 Å². The summed E-state index contributed by atoms with van der Waals surface area (Å²) in [5.41, 5.74) is 0.426. The first kappa shape index (κ1) is 10.9. The minimum atomic E-state index is -1.06. The molecule has 4 heteroatoms. The zero-order valence-electron chi connectivity index (χ0n) is 8.40. The van der Waals surface area contributed by atoms with E-state index in [0.717, 1.165) is 0 Å². The van der Waals surface area contributed by atoms with Gasteiger partial charge < -0.3 is 14.6 Å². The lowest BCUT2D eigenvalue weighted by Crippen LogP contribution is -2.01. The Morgan fingerprint density at radius 3 is 2.47 bits per heavy atom. The summed E-state index contributed by atoms with van der Waals surface area (Å²) in [6, 6.07) is 2.73. The third-order valence-corrected chi connectivity index (χ3v) is 1.88.